The molecule has 12 atom stereocenters. The zero-order chi connectivity index (χ0) is 25.0. The highest BCUT2D eigenvalue weighted by molar-refractivity contribution is 5.66. The molecule has 35 heavy (non-hydrogen) atoms. The van der Waals surface area contributed by atoms with Gasteiger partial charge in [-0.15, -0.1) is 0 Å². The fraction of sp³-hybridized carbons (Fsp3) is 0.903. The van der Waals surface area contributed by atoms with Crippen LogP contribution in [0.2, 0.25) is 0 Å². The Morgan fingerprint density at radius 2 is 1.71 bits per heavy atom. The Balaban J connectivity index is 1.26. The molecule has 4 saturated carbocycles. The maximum Gasteiger partial charge on any atom is 0.302 e. The van der Waals surface area contributed by atoms with Crippen LogP contribution in [0.5, 0.6) is 0 Å². The number of ether oxygens (including phenoxy) is 1. The Hall–Kier alpha value is -0.870. The predicted molar refractivity (Wildman–Crippen MR) is 136 cm³/mol. The highest BCUT2D eigenvalue weighted by Crippen LogP contribution is 2.73. The molecular formula is C31H48O4. The Morgan fingerprint density at radius 1 is 0.943 bits per heavy atom. The molecule has 0 aromatic heterocycles. The van der Waals surface area contributed by atoms with Crippen molar-refractivity contribution in [3.05, 3.63) is 12.2 Å². The molecule has 5 aliphatic carbocycles. The quantitative estimate of drug-likeness (QED) is 0.237. The van der Waals surface area contributed by atoms with E-state index in [2.05, 4.69) is 53.7 Å². The van der Waals surface area contributed by atoms with Gasteiger partial charge in [-0.05, 0) is 91.9 Å². The molecule has 0 radical (unpaired) electrons. The highest BCUT2D eigenvalue weighted by atomic mass is 17.2. The molecule has 2 spiro atoms. The minimum Gasteiger partial charge on any atom is -0.462 e. The molecule has 2 bridgehead atoms. The van der Waals surface area contributed by atoms with E-state index >= 15 is 0 Å². The molecule has 2 aliphatic heterocycles. The van der Waals surface area contributed by atoms with E-state index in [-0.39, 0.29) is 23.1 Å². The molecule has 196 valence electrons. The number of esters is 1. The Morgan fingerprint density at radius 3 is 2.37 bits per heavy atom. The molecule has 7 rings (SSSR count). The third-order valence-electron chi connectivity index (χ3n) is 12.9. The van der Waals surface area contributed by atoms with Crippen LogP contribution in [-0.4, -0.2) is 23.3 Å². The van der Waals surface area contributed by atoms with Gasteiger partial charge in [0.25, 0.3) is 0 Å². The van der Waals surface area contributed by atoms with Crippen molar-refractivity contribution in [1.82, 2.24) is 0 Å². The molecule has 0 amide bonds. The van der Waals surface area contributed by atoms with E-state index in [0.29, 0.717) is 23.7 Å². The van der Waals surface area contributed by atoms with Gasteiger partial charge in [0, 0.05) is 30.6 Å². The maximum absolute atomic E-state index is 11.7. The Labute approximate surface area is 212 Å². The van der Waals surface area contributed by atoms with E-state index in [9.17, 15) is 4.79 Å². The van der Waals surface area contributed by atoms with Gasteiger partial charge in [-0.2, -0.15) is 0 Å². The molecule has 0 aromatic carbocycles. The molecule has 2 heterocycles. The van der Waals surface area contributed by atoms with Crippen molar-refractivity contribution in [1.29, 1.82) is 0 Å². The van der Waals surface area contributed by atoms with Crippen molar-refractivity contribution in [2.75, 3.05) is 0 Å². The summed E-state index contributed by atoms with van der Waals surface area (Å²) in [5.74, 6) is 5.87. The summed E-state index contributed by atoms with van der Waals surface area (Å²) in [6, 6.07) is 0. The topological polar surface area (TPSA) is 44.8 Å². The summed E-state index contributed by atoms with van der Waals surface area (Å²) in [7, 11) is 0. The van der Waals surface area contributed by atoms with E-state index in [1.54, 1.807) is 0 Å². The molecule has 5 unspecified atom stereocenters. The van der Waals surface area contributed by atoms with Gasteiger partial charge in [-0.25, -0.2) is 9.78 Å². The SMILES string of the molecule is CC(=O)O[C@H]1CC[C@]2(C)C3CC[C@]4(C)C([C@H](C)C5CC5[C@H](C)C(C)C)CCC4[C@@]34C=C[C@]2(C1)OO4. The number of carbonyl (C=O) groups excluding carboxylic acids is 1. The van der Waals surface area contributed by atoms with E-state index in [1.165, 1.54) is 39.0 Å². The lowest BCUT2D eigenvalue weighted by molar-refractivity contribution is -0.497. The van der Waals surface area contributed by atoms with Crippen LogP contribution in [-0.2, 0) is 19.3 Å². The van der Waals surface area contributed by atoms with E-state index < -0.39 is 5.60 Å². The van der Waals surface area contributed by atoms with Gasteiger partial charge >= 0.3 is 5.97 Å². The number of hydrogen-bond donors (Lipinski definition) is 0. The second-order valence-corrected chi connectivity index (χ2v) is 14.5. The van der Waals surface area contributed by atoms with Gasteiger partial charge < -0.3 is 4.74 Å². The van der Waals surface area contributed by atoms with Crippen molar-refractivity contribution >= 4 is 5.97 Å². The molecule has 4 heteroatoms. The van der Waals surface area contributed by atoms with Gasteiger partial charge in [0.15, 0.2) is 0 Å². The van der Waals surface area contributed by atoms with E-state index in [1.807, 2.05) is 0 Å². The minimum atomic E-state index is -0.467. The van der Waals surface area contributed by atoms with Crippen molar-refractivity contribution in [2.24, 2.45) is 58.2 Å². The number of fused-ring (bicyclic) bond motifs is 2. The molecule has 7 aliphatic rings. The lowest BCUT2D eigenvalue weighted by atomic mass is 9.42. The molecule has 1 saturated heterocycles. The normalized spacial score (nSPS) is 53.5. The lowest BCUT2D eigenvalue weighted by Crippen LogP contribution is -2.73. The molecule has 0 N–H and O–H groups in total. The first-order valence-corrected chi connectivity index (χ1v) is 14.7. The fourth-order valence-electron chi connectivity index (χ4n) is 10.6. The Bertz CT molecular complexity index is 912. The van der Waals surface area contributed by atoms with Crippen molar-refractivity contribution < 1.29 is 19.3 Å². The van der Waals surface area contributed by atoms with Crippen LogP contribution in [0.4, 0.5) is 0 Å². The average Bonchev–Trinajstić information content (AvgIpc) is 3.52. The van der Waals surface area contributed by atoms with Crippen LogP contribution < -0.4 is 0 Å². The first-order valence-electron chi connectivity index (χ1n) is 14.7. The van der Waals surface area contributed by atoms with Crippen molar-refractivity contribution in [3.63, 3.8) is 0 Å². The van der Waals surface area contributed by atoms with Gasteiger partial charge in [-0.1, -0.05) is 47.6 Å². The predicted octanol–water partition coefficient (Wildman–Crippen LogP) is 7.12. The van der Waals surface area contributed by atoms with Gasteiger partial charge in [0.05, 0.1) is 0 Å². The Kier molecular flexibility index (Phi) is 5.47. The zero-order valence-electron chi connectivity index (χ0n) is 23.1. The van der Waals surface area contributed by atoms with Crippen LogP contribution in [0.3, 0.4) is 0 Å². The third-order valence-corrected chi connectivity index (χ3v) is 12.9. The van der Waals surface area contributed by atoms with Gasteiger partial charge in [0.2, 0.25) is 0 Å². The summed E-state index contributed by atoms with van der Waals surface area (Å²) in [6.07, 6.45) is 13.9. The molecule has 5 fully saturated rings. The number of hydrogen-bond acceptors (Lipinski definition) is 4. The minimum absolute atomic E-state index is 0.0377. The zero-order valence-corrected chi connectivity index (χ0v) is 23.1. The van der Waals surface area contributed by atoms with Crippen molar-refractivity contribution in [3.8, 4) is 0 Å². The largest absolute Gasteiger partial charge is 0.462 e. The third kappa shape index (κ3) is 3.20. The van der Waals surface area contributed by atoms with E-state index in [0.717, 1.165) is 48.3 Å². The fourth-order valence-corrected chi connectivity index (χ4v) is 10.6. The van der Waals surface area contributed by atoms with Gasteiger partial charge in [0.1, 0.15) is 17.3 Å². The summed E-state index contributed by atoms with van der Waals surface area (Å²) in [4.78, 5) is 24.7. The summed E-state index contributed by atoms with van der Waals surface area (Å²) < 4.78 is 5.65. The first kappa shape index (κ1) is 24.5. The molecule has 0 aromatic rings. The summed E-state index contributed by atoms with van der Waals surface area (Å²) in [5.41, 5.74) is -0.401. The van der Waals surface area contributed by atoms with Crippen molar-refractivity contribution in [2.45, 2.75) is 117 Å². The van der Waals surface area contributed by atoms with Crippen LogP contribution in [0, 0.1) is 58.2 Å². The molecular weight excluding hydrogens is 436 g/mol. The highest BCUT2D eigenvalue weighted by Gasteiger charge is 2.74. The monoisotopic (exact) mass is 484 g/mol. The molecule has 4 nitrogen and oxygen atoms in total. The lowest BCUT2D eigenvalue weighted by Gasteiger charge is -2.69. The second kappa shape index (κ2) is 7.82. The number of carbonyl (C=O) groups is 1. The standard InChI is InChI=1S/C31H48O4/c1-18(2)19(3)23-16-24(23)20(4)25-8-9-26-28(25,6)12-11-27-29(7)13-10-22(33-21(5)32)17-30(29)14-15-31(26,27)35-34-30/h14-15,18-20,22-27H,8-13,16-17H2,1-7H3/t19-,20-,22+,23?,24?,25?,26?,27?,28-,29-,30-,31+/m1/s1. The van der Waals surface area contributed by atoms with Crippen LogP contribution >= 0.6 is 0 Å². The van der Waals surface area contributed by atoms with Crippen LogP contribution in [0.25, 0.3) is 0 Å². The van der Waals surface area contributed by atoms with Crippen LogP contribution in [0.1, 0.15) is 99.8 Å². The van der Waals surface area contributed by atoms with Gasteiger partial charge in [-0.3, -0.25) is 4.79 Å². The maximum atomic E-state index is 11.7. The summed E-state index contributed by atoms with van der Waals surface area (Å²) in [5, 5.41) is 0. The summed E-state index contributed by atoms with van der Waals surface area (Å²) >= 11 is 0. The average molecular weight is 485 g/mol. The van der Waals surface area contributed by atoms with Crippen LogP contribution in [0.15, 0.2) is 12.2 Å². The smallest absolute Gasteiger partial charge is 0.302 e. The second-order valence-electron chi connectivity index (χ2n) is 14.5. The number of rotatable bonds is 5. The first-order chi connectivity index (χ1) is 16.5. The van der Waals surface area contributed by atoms with E-state index in [4.69, 9.17) is 14.5 Å². The summed E-state index contributed by atoms with van der Waals surface area (Å²) in [6.45, 7) is 16.4.